The molecule has 7 heteroatoms. The van der Waals surface area contributed by atoms with Crippen LogP contribution >= 0.6 is 0 Å². The number of benzene rings is 1. The molecular formula is C17H15N7. The summed E-state index contributed by atoms with van der Waals surface area (Å²) in [6.07, 6.45) is 8.46. The fraction of sp³-hybridized carbons (Fsp3) is 0.118. The van der Waals surface area contributed by atoms with E-state index in [1.54, 1.807) is 31.1 Å². The van der Waals surface area contributed by atoms with E-state index in [1.165, 1.54) is 0 Å². The van der Waals surface area contributed by atoms with Crippen LogP contribution in [0.3, 0.4) is 0 Å². The number of para-hydroxylation sites is 1. The third-order valence-corrected chi connectivity index (χ3v) is 3.72. The molecule has 0 saturated carbocycles. The van der Waals surface area contributed by atoms with Crippen LogP contribution in [0.1, 0.15) is 5.69 Å². The maximum atomic E-state index is 4.48. The van der Waals surface area contributed by atoms with E-state index in [0.29, 0.717) is 6.54 Å². The minimum absolute atomic E-state index is 0.608. The van der Waals surface area contributed by atoms with Crippen molar-refractivity contribution < 1.29 is 0 Å². The predicted molar refractivity (Wildman–Crippen MR) is 90.8 cm³/mol. The first kappa shape index (κ1) is 14.3. The number of nitrogens with zero attached hydrogens (tertiary/aromatic N) is 7. The Morgan fingerprint density at radius 1 is 1.00 bits per heavy atom. The molecule has 0 bridgehead atoms. The highest BCUT2D eigenvalue weighted by Gasteiger charge is 2.14. The van der Waals surface area contributed by atoms with Gasteiger partial charge in [-0.15, -0.1) is 0 Å². The zero-order valence-electron chi connectivity index (χ0n) is 13.1. The van der Waals surface area contributed by atoms with Gasteiger partial charge in [0.25, 0.3) is 0 Å². The lowest BCUT2D eigenvalue weighted by Crippen LogP contribution is -2.19. The van der Waals surface area contributed by atoms with Crippen molar-refractivity contribution in [3.05, 3.63) is 67.1 Å². The minimum Gasteiger partial charge on any atom is -0.353 e. The topological polar surface area (TPSA) is 72.6 Å². The molecule has 118 valence electrons. The molecule has 0 unspecified atom stereocenters. The van der Waals surface area contributed by atoms with E-state index in [9.17, 15) is 0 Å². The smallest absolute Gasteiger partial charge is 0.168 e. The van der Waals surface area contributed by atoms with Gasteiger partial charge in [0.2, 0.25) is 0 Å². The molecule has 3 heterocycles. The second-order valence-corrected chi connectivity index (χ2v) is 5.38. The summed E-state index contributed by atoms with van der Waals surface area (Å²) in [4.78, 5) is 19.3. The molecule has 24 heavy (non-hydrogen) atoms. The van der Waals surface area contributed by atoms with Gasteiger partial charge >= 0.3 is 0 Å². The summed E-state index contributed by atoms with van der Waals surface area (Å²) in [6.45, 7) is 0.608. The number of fused-ring (bicyclic) bond motifs is 1. The van der Waals surface area contributed by atoms with Crippen LogP contribution in [0.5, 0.6) is 0 Å². The van der Waals surface area contributed by atoms with Crippen molar-refractivity contribution in [2.24, 2.45) is 0 Å². The molecule has 0 amide bonds. The van der Waals surface area contributed by atoms with Gasteiger partial charge in [0, 0.05) is 19.4 Å². The van der Waals surface area contributed by atoms with E-state index in [0.717, 1.165) is 28.2 Å². The van der Waals surface area contributed by atoms with Crippen molar-refractivity contribution >= 4 is 16.9 Å². The number of hydrogen-bond acceptors (Lipinski definition) is 6. The van der Waals surface area contributed by atoms with Crippen LogP contribution in [-0.2, 0) is 6.54 Å². The summed E-state index contributed by atoms with van der Waals surface area (Å²) in [5, 5.41) is 5.37. The van der Waals surface area contributed by atoms with Gasteiger partial charge in [0.15, 0.2) is 5.65 Å². The first-order valence-corrected chi connectivity index (χ1v) is 7.53. The lowest BCUT2D eigenvalue weighted by Gasteiger charge is -2.17. The highest BCUT2D eigenvalue weighted by Crippen LogP contribution is 2.24. The molecule has 0 aliphatic carbocycles. The maximum absolute atomic E-state index is 4.48. The van der Waals surface area contributed by atoms with Gasteiger partial charge in [-0.25, -0.2) is 14.6 Å². The summed E-state index contributed by atoms with van der Waals surface area (Å²) in [7, 11) is 1.97. The molecule has 0 saturated heterocycles. The summed E-state index contributed by atoms with van der Waals surface area (Å²) >= 11 is 0. The Kier molecular flexibility index (Phi) is 3.59. The Balaban J connectivity index is 1.73. The molecule has 7 nitrogen and oxygen atoms in total. The molecule has 0 spiro atoms. The molecule has 0 atom stereocenters. The van der Waals surface area contributed by atoms with Crippen molar-refractivity contribution in [1.82, 2.24) is 29.7 Å². The Morgan fingerprint density at radius 2 is 1.88 bits per heavy atom. The third kappa shape index (κ3) is 2.56. The van der Waals surface area contributed by atoms with E-state index < -0.39 is 0 Å². The normalized spacial score (nSPS) is 10.9. The fourth-order valence-electron chi connectivity index (χ4n) is 2.62. The van der Waals surface area contributed by atoms with Gasteiger partial charge in [-0.2, -0.15) is 5.10 Å². The van der Waals surface area contributed by atoms with Crippen LogP contribution in [0.15, 0.2) is 61.4 Å². The SMILES string of the molecule is CN(Cc1cnccn1)c1ncnc2c1cnn2-c1ccccc1. The van der Waals surface area contributed by atoms with Crippen molar-refractivity contribution in [3.63, 3.8) is 0 Å². The molecule has 3 aromatic heterocycles. The predicted octanol–water partition coefficient (Wildman–Crippen LogP) is 2.24. The average Bonchev–Trinajstić information content (AvgIpc) is 3.07. The monoisotopic (exact) mass is 317 g/mol. The maximum Gasteiger partial charge on any atom is 0.168 e. The van der Waals surface area contributed by atoms with Gasteiger partial charge in [0.1, 0.15) is 12.1 Å². The van der Waals surface area contributed by atoms with Crippen molar-refractivity contribution in [2.45, 2.75) is 6.54 Å². The van der Waals surface area contributed by atoms with E-state index in [-0.39, 0.29) is 0 Å². The fourth-order valence-corrected chi connectivity index (χ4v) is 2.62. The highest BCUT2D eigenvalue weighted by atomic mass is 15.3. The highest BCUT2D eigenvalue weighted by molar-refractivity contribution is 5.87. The van der Waals surface area contributed by atoms with Crippen LogP contribution in [-0.4, -0.2) is 36.8 Å². The molecule has 0 N–H and O–H groups in total. The first-order valence-electron chi connectivity index (χ1n) is 7.53. The lowest BCUT2D eigenvalue weighted by molar-refractivity contribution is 0.856. The van der Waals surface area contributed by atoms with Crippen molar-refractivity contribution in [1.29, 1.82) is 0 Å². The Hall–Kier alpha value is -3.35. The Labute approximate surface area is 138 Å². The minimum atomic E-state index is 0.608. The lowest BCUT2D eigenvalue weighted by atomic mass is 10.3. The van der Waals surface area contributed by atoms with E-state index in [1.807, 2.05) is 47.0 Å². The molecule has 0 aliphatic rings. The van der Waals surface area contributed by atoms with Crippen LogP contribution in [0.2, 0.25) is 0 Å². The van der Waals surface area contributed by atoms with Crippen LogP contribution < -0.4 is 4.90 Å². The molecular weight excluding hydrogens is 302 g/mol. The quantitative estimate of drug-likeness (QED) is 0.575. The van der Waals surface area contributed by atoms with Crippen molar-refractivity contribution in [2.75, 3.05) is 11.9 Å². The van der Waals surface area contributed by atoms with Crippen LogP contribution in [0.4, 0.5) is 5.82 Å². The van der Waals surface area contributed by atoms with Crippen LogP contribution in [0, 0.1) is 0 Å². The van der Waals surface area contributed by atoms with E-state index in [4.69, 9.17) is 0 Å². The van der Waals surface area contributed by atoms with E-state index in [2.05, 4.69) is 25.0 Å². The first-order chi connectivity index (χ1) is 11.8. The molecule has 4 rings (SSSR count). The molecule has 0 radical (unpaired) electrons. The van der Waals surface area contributed by atoms with Gasteiger partial charge < -0.3 is 4.90 Å². The second kappa shape index (κ2) is 6.04. The summed E-state index contributed by atoms with van der Waals surface area (Å²) in [5.74, 6) is 0.813. The summed E-state index contributed by atoms with van der Waals surface area (Å²) in [5.41, 5.74) is 2.62. The van der Waals surface area contributed by atoms with Gasteiger partial charge in [-0.3, -0.25) is 9.97 Å². The standard InChI is InChI=1S/C17H15N7/c1-23(11-13-9-18-7-8-19-13)16-15-10-22-24(17(15)21-12-20-16)14-5-3-2-4-6-14/h2-10,12H,11H2,1H3. The number of hydrogen-bond donors (Lipinski definition) is 0. The molecule has 0 fully saturated rings. The largest absolute Gasteiger partial charge is 0.353 e. The molecule has 1 aromatic carbocycles. The second-order valence-electron chi connectivity index (χ2n) is 5.38. The van der Waals surface area contributed by atoms with Crippen LogP contribution in [0.25, 0.3) is 16.7 Å². The molecule has 4 aromatic rings. The zero-order valence-corrected chi connectivity index (χ0v) is 13.1. The molecule has 0 aliphatic heterocycles. The van der Waals surface area contributed by atoms with Gasteiger partial charge in [-0.05, 0) is 12.1 Å². The van der Waals surface area contributed by atoms with Gasteiger partial charge in [-0.1, -0.05) is 18.2 Å². The van der Waals surface area contributed by atoms with Gasteiger partial charge in [0.05, 0.1) is 35.7 Å². The zero-order chi connectivity index (χ0) is 16.4. The number of aromatic nitrogens is 6. The summed E-state index contributed by atoms with van der Waals surface area (Å²) < 4.78 is 1.82. The van der Waals surface area contributed by atoms with Crippen molar-refractivity contribution in [3.8, 4) is 5.69 Å². The number of rotatable bonds is 4. The average molecular weight is 317 g/mol. The Morgan fingerprint density at radius 3 is 2.67 bits per heavy atom. The third-order valence-electron chi connectivity index (χ3n) is 3.72. The summed E-state index contributed by atoms with van der Waals surface area (Å²) in [6, 6.07) is 9.93. The number of anilines is 1. The van der Waals surface area contributed by atoms with E-state index >= 15 is 0 Å². The Bertz CT molecular complexity index is 951.